The minimum atomic E-state index is -0.657. The van der Waals surface area contributed by atoms with Crippen molar-refractivity contribution < 1.29 is 13.9 Å². The first kappa shape index (κ1) is 22.5. The summed E-state index contributed by atoms with van der Waals surface area (Å²) in [6, 6.07) is 8.48. The molecule has 0 aliphatic carbocycles. The van der Waals surface area contributed by atoms with E-state index in [0.29, 0.717) is 33.6 Å². The molecule has 0 radical (unpaired) electrons. The number of carbonyl (C=O) groups is 1. The molecule has 0 N–H and O–H groups in total. The van der Waals surface area contributed by atoms with Crippen molar-refractivity contribution in [3.05, 3.63) is 78.9 Å². The highest BCUT2D eigenvalue weighted by Gasteiger charge is 2.22. The molecule has 3 aromatic heterocycles. The fourth-order valence-electron chi connectivity index (χ4n) is 3.58. The predicted molar refractivity (Wildman–Crippen MR) is 123 cm³/mol. The summed E-state index contributed by atoms with van der Waals surface area (Å²) < 4.78 is 13.1. The summed E-state index contributed by atoms with van der Waals surface area (Å²) >= 11 is 6.06. The second-order valence-corrected chi connectivity index (χ2v) is 7.93. The number of nitrogens with zero attached hydrogens (tertiary/aromatic N) is 4. The maximum atomic E-state index is 13.4. The summed E-state index contributed by atoms with van der Waals surface area (Å²) in [4.78, 5) is 47.8. The van der Waals surface area contributed by atoms with E-state index in [1.165, 1.54) is 17.7 Å². The van der Waals surface area contributed by atoms with Crippen LogP contribution in [0.25, 0.3) is 22.5 Å². The van der Waals surface area contributed by atoms with E-state index in [1.54, 1.807) is 45.0 Å². The van der Waals surface area contributed by atoms with Crippen LogP contribution in [0.3, 0.4) is 0 Å². The second-order valence-electron chi connectivity index (χ2n) is 7.50. The number of hydrogen-bond acceptors (Lipinski definition) is 7. The fraction of sp³-hybridized carbons (Fsp3) is 0.261. The van der Waals surface area contributed by atoms with Crippen molar-refractivity contribution >= 4 is 28.6 Å². The summed E-state index contributed by atoms with van der Waals surface area (Å²) in [7, 11) is 1.50. The second kappa shape index (κ2) is 8.67. The number of esters is 1. The van der Waals surface area contributed by atoms with Crippen LogP contribution in [-0.4, -0.2) is 31.7 Å². The van der Waals surface area contributed by atoms with E-state index in [0.717, 1.165) is 4.57 Å². The van der Waals surface area contributed by atoms with Crippen molar-refractivity contribution in [1.82, 2.24) is 19.1 Å². The van der Waals surface area contributed by atoms with Gasteiger partial charge in [-0.25, -0.2) is 19.6 Å². The zero-order valence-electron chi connectivity index (χ0n) is 18.5. The number of halogens is 1. The summed E-state index contributed by atoms with van der Waals surface area (Å²) in [5.74, 6) is 0.114. The highest BCUT2D eigenvalue weighted by molar-refractivity contribution is 6.30. The van der Waals surface area contributed by atoms with E-state index in [4.69, 9.17) is 20.8 Å². The first-order valence-corrected chi connectivity index (χ1v) is 10.6. The average molecular weight is 469 g/mol. The lowest BCUT2D eigenvalue weighted by atomic mass is 10.1. The molecule has 10 heteroatoms. The van der Waals surface area contributed by atoms with Crippen LogP contribution in [0.1, 0.15) is 34.4 Å². The van der Waals surface area contributed by atoms with Crippen LogP contribution < -0.4 is 11.2 Å². The Hall–Kier alpha value is -3.72. The monoisotopic (exact) mass is 468 g/mol. The highest BCUT2D eigenvalue weighted by Crippen LogP contribution is 2.24. The number of rotatable bonds is 5. The first-order valence-electron chi connectivity index (χ1n) is 10.2. The van der Waals surface area contributed by atoms with Crippen LogP contribution in [0.2, 0.25) is 5.02 Å². The van der Waals surface area contributed by atoms with Crippen molar-refractivity contribution in [1.29, 1.82) is 0 Å². The van der Waals surface area contributed by atoms with Crippen LogP contribution in [0, 0.1) is 13.8 Å². The topological polar surface area (TPSA) is 109 Å². The van der Waals surface area contributed by atoms with E-state index < -0.39 is 17.2 Å². The van der Waals surface area contributed by atoms with E-state index >= 15 is 0 Å². The van der Waals surface area contributed by atoms with E-state index in [1.807, 2.05) is 0 Å². The Kier molecular flexibility index (Phi) is 5.90. The van der Waals surface area contributed by atoms with Crippen LogP contribution in [0.4, 0.5) is 0 Å². The van der Waals surface area contributed by atoms with Crippen LogP contribution in [0.5, 0.6) is 0 Å². The van der Waals surface area contributed by atoms with Gasteiger partial charge in [0.1, 0.15) is 17.1 Å². The van der Waals surface area contributed by atoms with Crippen LogP contribution in [-0.2, 0) is 18.3 Å². The molecule has 1 aromatic carbocycles. The van der Waals surface area contributed by atoms with Crippen molar-refractivity contribution in [3.8, 4) is 11.5 Å². The third-order valence-electron chi connectivity index (χ3n) is 5.19. The normalized spacial score (nSPS) is 11.2. The molecule has 0 saturated carbocycles. The summed E-state index contributed by atoms with van der Waals surface area (Å²) in [6.07, 6.45) is 0. The van der Waals surface area contributed by atoms with Crippen LogP contribution in [0.15, 0.2) is 44.3 Å². The van der Waals surface area contributed by atoms with Gasteiger partial charge in [-0.3, -0.25) is 13.9 Å². The molecule has 9 nitrogen and oxygen atoms in total. The Morgan fingerprint density at radius 1 is 1.18 bits per heavy atom. The van der Waals surface area contributed by atoms with Gasteiger partial charge in [0.05, 0.1) is 24.1 Å². The molecule has 170 valence electrons. The number of aryl methyl sites for hydroxylation is 3. The number of benzene rings is 1. The molecular formula is C23H21ClN4O5. The molecule has 0 saturated heterocycles. The van der Waals surface area contributed by atoms with Gasteiger partial charge in [-0.2, -0.15) is 0 Å². The Morgan fingerprint density at radius 3 is 2.64 bits per heavy atom. The van der Waals surface area contributed by atoms with Gasteiger partial charge in [0.2, 0.25) is 5.89 Å². The highest BCUT2D eigenvalue weighted by atomic mass is 35.5. The number of ether oxygens (including phenoxy) is 1. The molecule has 0 aliphatic heterocycles. The lowest BCUT2D eigenvalue weighted by Gasteiger charge is -2.12. The largest absolute Gasteiger partial charge is 0.462 e. The molecule has 0 aliphatic rings. The molecular weight excluding hydrogens is 448 g/mol. The SMILES string of the molecule is CCOC(=O)c1cc(C)nc2c1c(=O)n(Cc1nc(-c3cccc(Cl)c3)oc1C)c(=O)n2C. The van der Waals surface area contributed by atoms with Gasteiger partial charge in [0, 0.05) is 23.3 Å². The fourth-order valence-corrected chi connectivity index (χ4v) is 3.77. The van der Waals surface area contributed by atoms with E-state index in [9.17, 15) is 14.4 Å². The number of hydrogen-bond donors (Lipinski definition) is 0. The average Bonchev–Trinajstić information content (AvgIpc) is 3.15. The Morgan fingerprint density at radius 2 is 1.94 bits per heavy atom. The van der Waals surface area contributed by atoms with Gasteiger partial charge in [-0.1, -0.05) is 17.7 Å². The predicted octanol–water partition coefficient (Wildman–Crippen LogP) is 3.25. The lowest BCUT2D eigenvalue weighted by Crippen LogP contribution is -2.40. The molecule has 0 amide bonds. The maximum absolute atomic E-state index is 13.4. The number of aromatic nitrogens is 4. The summed E-state index contributed by atoms with van der Waals surface area (Å²) in [6.45, 7) is 5.04. The van der Waals surface area contributed by atoms with Crippen molar-refractivity contribution in [2.75, 3.05) is 6.61 Å². The molecule has 3 heterocycles. The third-order valence-corrected chi connectivity index (χ3v) is 5.43. The van der Waals surface area contributed by atoms with Gasteiger partial charge in [0.15, 0.2) is 0 Å². The number of carbonyl (C=O) groups excluding carboxylic acids is 1. The molecule has 0 spiro atoms. The number of oxazole rings is 1. The van der Waals surface area contributed by atoms with E-state index in [-0.39, 0.29) is 29.7 Å². The minimum Gasteiger partial charge on any atom is -0.462 e. The third kappa shape index (κ3) is 4.07. The molecule has 4 aromatic rings. The molecule has 0 atom stereocenters. The van der Waals surface area contributed by atoms with Crippen molar-refractivity contribution in [3.63, 3.8) is 0 Å². The molecule has 0 bridgehead atoms. The number of fused-ring (bicyclic) bond motifs is 1. The minimum absolute atomic E-state index is 0.0114. The first-order chi connectivity index (χ1) is 15.7. The molecule has 4 rings (SSSR count). The Balaban J connectivity index is 1.88. The zero-order valence-corrected chi connectivity index (χ0v) is 19.3. The smallest absolute Gasteiger partial charge is 0.339 e. The van der Waals surface area contributed by atoms with Gasteiger partial charge >= 0.3 is 11.7 Å². The zero-order chi connectivity index (χ0) is 23.9. The Bertz CT molecular complexity index is 1520. The maximum Gasteiger partial charge on any atom is 0.339 e. The lowest BCUT2D eigenvalue weighted by molar-refractivity contribution is 0.0528. The van der Waals surface area contributed by atoms with Gasteiger partial charge in [-0.05, 0) is 45.0 Å². The molecule has 0 unspecified atom stereocenters. The van der Waals surface area contributed by atoms with Gasteiger partial charge in [-0.15, -0.1) is 0 Å². The van der Waals surface area contributed by atoms with Crippen LogP contribution >= 0.6 is 11.6 Å². The Labute approximate surface area is 193 Å². The quantitative estimate of drug-likeness (QED) is 0.413. The molecule has 33 heavy (non-hydrogen) atoms. The summed E-state index contributed by atoms with van der Waals surface area (Å²) in [5, 5.41) is 0.538. The van der Waals surface area contributed by atoms with Crippen molar-refractivity contribution in [2.24, 2.45) is 7.05 Å². The number of pyridine rings is 1. The standard InChI is InChI=1S/C23H21ClN4O5/c1-5-32-22(30)16-9-12(2)25-19-18(16)21(29)28(23(31)27(19)4)11-17-13(3)33-20(26-17)14-7-6-8-15(24)10-14/h6-10H,5,11H2,1-4H3. The summed E-state index contributed by atoms with van der Waals surface area (Å²) in [5.41, 5.74) is 0.478. The van der Waals surface area contributed by atoms with Gasteiger partial charge < -0.3 is 9.15 Å². The van der Waals surface area contributed by atoms with Gasteiger partial charge in [0.25, 0.3) is 5.56 Å². The molecule has 0 fully saturated rings. The van der Waals surface area contributed by atoms with E-state index in [2.05, 4.69) is 9.97 Å². The van der Waals surface area contributed by atoms with Crippen molar-refractivity contribution in [2.45, 2.75) is 27.3 Å².